The number of hydrogen-bond acceptors (Lipinski definition) is 3. The lowest BCUT2D eigenvalue weighted by atomic mass is 9.92. The minimum atomic E-state index is -0.799. The Bertz CT molecular complexity index is 434. The van der Waals surface area contributed by atoms with E-state index in [2.05, 4.69) is 0 Å². The Hall–Kier alpha value is -1.39. The highest BCUT2D eigenvalue weighted by molar-refractivity contribution is 5.75. The molecule has 1 saturated heterocycles. The molecule has 4 heteroatoms. The number of ether oxygens (including phenoxy) is 1. The van der Waals surface area contributed by atoms with Crippen molar-refractivity contribution in [3.8, 4) is 0 Å². The number of methoxy groups -OCH3 is 1. The van der Waals surface area contributed by atoms with Crippen LogP contribution in [0, 0.1) is 0 Å². The molecule has 1 aliphatic heterocycles. The first-order valence-corrected chi connectivity index (χ1v) is 6.63. The molecule has 0 aromatic heterocycles. The Balaban J connectivity index is 2.23. The molecule has 0 bridgehead atoms. The Morgan fingerprint density at radius 2 is 2.11 bits per heavy atom. The van der Waals surface area contributed by atoms with Crippen molar-refractivity contribution in [2.45, 2.75) is 31.4 Å². The van der Waals surface area contributed by atoms with Gasteiger partial charge in [0.2, 0.25) is 0 Å². The first-order chi connectivity index (χ1) is 9.06. The molecule has 1 heterocycles. The van der Waals surface area contributed by atoms with Crippen LogP contribution in [0.1, 0.15) is 31.4 Å². The predicted molar refractivity (Wildman–Crippen MR) is 73.0 cm³/mol. The largest absolute Gasteiger partial charge is 0.480 e. The Labute approximate surface area is 114 Å². The molecule has 1 aromatic rings. The summed E-state index contributed by atoms with van der Waals surface area (Å²) in [7, 11) is 1.70. The number of hydrogen-bond donors (Lipinski definition) is 1. The molecule has 2 atom stereocenters. The topological polar surface area (TPSA) is 49.8 Å². The molecule has 0 spiro atoms. The van der Waals surface area contributed by atoms with Crippen LogP contribution in [0.5, 0.6) is 0 Å². The highest BCUT2D eigenvalue weighted by Crippen LogP contribution is 2.30. The van der Waals surface area contributed by atoms with Crippen molar-refractivity contribution >= 4 is 5.97 Å². The maximum Gasteiger partial charge on any atom is 0.325 e. The summed E-state index contributed by atoms with van der Waals surface area (Å²) in [6.07, 6.45) is 1.93. The van der Waals surface area contributed by atoms with Gasteiger partial charge in [0, 0.05) is 13.7 Å². The second kappa shape index (κ2) is 5.72. The third-order valence-corrected chi connectivity index (χ3v) is 3.90. The summed E-state index contributed by atoms with van der Waals surface area (Å²) >= 11 is 0. The number of piperidine rings is 1. The highest BCUT2D eigenvalue weighted by Gasteiger charge is 2.37. The van der Waals surface area contributed by atoms with Crippen LogP contribution in [0.4, 0.5) is 0 Å². The van der Waals surface area contributed by atoms with Crippen LogP contribution in [0.3, 0.4) is 0 Å². The summed E-state index contributed by atoms with van der Waals surface area (Å²) in [6, 6.07) is 8.82. The molecule has 1 fully saturated rings. The fraction of sp³-hybridized carbons (Fsp3) is 0.533. The van der Waals surface area contributed by atoms with Crippen molar-refractivity contribution in [1.82, 2.24) is 4.90 Å². The van der Waals surface area contributed by atoms with Gasteiger partial charge in [-0.05, 0) is 31.9 Å². The van der Waals surface area contributed by atoms with Crippen LogP contribution < -0.4 is 0 Å². The molecule has 1 aromatic carbocycles. The lowest BCUT2D eigenvalue weighted by Gasteiger charge is -2.42. The van der Waals surface area contributed by atoms with E-state index in [4.69, 9.17) is 4.74 Å². The van der Waals surface area contributed by atoms with Crippen LogP contribution in [0.25, 0.3) is 0 Å². The van der Waals surface area contributed by atoms with Crippen LogP contribution in [-0.2, 0) is 9.53 Å². The van der Waals surface area contributed by atoms with Crippen LogP contribution >= 0.6 is 0 Å². The number of likely N-dealkylation sites (tertiary alicyclic amines) is 1. The van der Waals surface area contributed by atoms with Gasteiger partial charge in [-0.1, -0.05) is 30.3 Å². The summed E-state index contributed by atoms with van der Waals surface area (Å²) in [5.41, 5.74) is 0.580. The van der Waals surface area contributed by atoms with E-state index in [1.807, 2.05) is 42.2 Å². The third kappa shape index (κ3) is 3.14. The van der Waals surface area contributed by atoms with Crippen molar-refractivity contribution in [1.29, 1.82) is 0 Å². The number of rotatable bonds is 4. The monoisotopic (exact) mass is 263 g/mol. The molecule has 2 rings (SSSR count). The van der Waals surface area contributed by atoms with Crippen LogP contribution in [-0.4, -0.2) is 41.8 Å². The highest BCUT2D eigenvalue weighted by atomic mass is 16.5. The summed E-state index contributed by atoms with van der Waals surface area (Å²) in [5, 5.41) is 9.54. The zero-order chi connectivity index (χ0) is 13.9. The van der Waals surface area contributed by atoms with Gasteiger partial charge >= 0.3 is 5.97 Å². The van der Waals surface area contributed by atoms with Gasteiger partial charge < -0.3 is 9.84 Å². The number of carbonyl (C=O) groups is 1. The summed E-state index contributed by atoms with van der Waals surface area (Å²) < 4.78 is 5.54. The van der Waals surface area contributed by atoms with Gasteiger partial charge in [0.1, 0.15) is 6.04 Å². The van der Waals surface area contributed by atoms with Crippen molar-refractivity contribution in [3.63, 3.8) is 0 Å². The lowest BCUT2D eigenvalue weighted by Crippen LogP contribution is -2.50. The van der Waals surface area contributed by atoms with Gasteiger partial charge in [-0.2, -0.15) is 0 Å². The molecule has 0 radical (unpaired) electrons. The van der Waals surface area contributed by atoms with E-state index in [1.165, 1.54) is 0 Å². The molecular formula is C15H21NO3. The molecule has 19 heavy (non-hydrogen) atoms. The van der Waals surface area contributed by atoms with E-state index in [0.717, 1.165) is 24.9 Å². The smallest absolute Gasteiger partial charge is 0.325 e. The van der Waals surface area contributed by atoms with Crippen molar-refractivity contribution in [3.05, 3.63) is 35.9 Å². The van der Waals surface area contributed by atoms with Gasteiger partial charge in [-0.25, -0.2) is 0 Å². The van der Waals surface area contributed by atoms with Crippen LogP contribution in [0.2, 0.25) is 0 Å². The predicted octanol–water partition coefficient (Wildman–Crippen LogP) is 2.31. The van der Waals surface area contributed by atoms with Crippen molar-refractivity contribution in [2.75, 3.05) is 20.2 Å². The number of aliphatic carboxylic acids is 1. The zero-order valence-corrected chi connectivity index (χ0v) is 11.5. The Morgan fingerprint density at radius 3 is 2.68 bits per heavy atom. The van der Waals surface area contributed by atoms with Gasteiger partial charge in [-0.15, -0.1) is 0 Å². The standard InChI is InChI=1S/C15H21NO3/c1-15(19-2)9-6-10-16(11-15)13(14(17)18)12-7-4-3-5-8-12/h3-5,7-8,13H,6,9-11H2,1-2H3,(H,17,18). The molecule has 1 aliphatic rings. The maximum atomic E-state index is 11.6. The second-order valence-corrected chi connectivity index (χ2v) is 5.38. The lowest BCUT2D eigenvalue weighted by molar-refractivity contribution is -0.147. The normalized spacial score (nSPS) is 26.0. The molecule has 0 saturated carbocycles. The number of carboxylic acid groups (broad SMARTS) is 1. The van der Waals surface area contributed by atoms with Crippen molar-refractivity contribution in [2.24, 2.45) is 0 Å². The number of benzene rings is 1. The summed E-state index contributed by atoms with van der Waals surface area (Å²) in [5.74, 6) is -0.799. The third-order valence-electron chi connectivity index (χ3n) is 3.90. The SMILES string of the molecule is COC1(C)CCCN(C(C(=O)O)c2ccccc2)C1. The minimum absolute atomic E-state index is 0.249. The first kappa shape index (κ1) is 14.0. The number of carboxylic acids is 1. The van der Waals surface area contributed by atoms with Crippen molar-refractivity contribution < 1.29 is 14.6 Å². The molecule has 4 nitrogen and oxygen atoms in total. The average molecular weight is 263 g/mol. The van der Waals surface area contributed by atoms with E-state index in [-0.39, 0.29) is 5.60 Å². The fourth-order valence-corrected chi connectivity index (χ4v) is 2.78. The molecule has 2 unspecified atom stereocenters. The van der Waals surface area contributed by atoms with E-state index < -0.39 is 12.0 Å². The Morgan fingerprint density at radius 1 is 1.42 bits per heavy atom. The molecular weight excluding hydrogens is 242 g/mol. The first-order valence-electron chi connectivity index (χ1n) is 6.63. The van der Waals surface area contributed by atoms with Gasteiger partial charge in [0.15, 0.2) is 0 Å². The van der Waals surface area contributed by atoms with Gasteiger partial charge in [0.05, 0.1) is 5.60 Å². The quantitative estimate of drug-likeness (QED) is 0.905. The molecule has 0 aliphatic carbocycles. The van der Waals surface area contributed by atoms with E-state index in [0.29, 0.717) is 6.54 Å². The molecule has 104 valence electrons. The maximum absolute atomic E-state index is 11.6. The molecule has 1 N–H and O–H groups in total. The second-order valence-electron chi connectivity index (χ2n) is 5.38. The van der Waals surface area contributed by atoms with E-state index >= 15 is 0 Å². The van der Waals surface area contributed by atoms with Crippen LogP contribution in [0.15, 0.2) is 30.3 Å². The van der Waals surface area contributed by atoms with Gasteiger partial charge in [0.25, 0.3) is 0 Å². The summed E-state index contributed by atoms with van der Waals surface area (Å²) in [6.45, 7) is 3.49. The fourth-order valence-electron chi connectivity index (χ4n) is 2.78. The van der Waals surface area contributed by atoms with E-state index in [1.54, 1.807) is 7.11 Å². The molecule has 0 amide bonds. The van der Waals surface area contributed by atoms with E-state index in [9.17, 15) is 9.90 Å². The summed E-state index contributed by atoms with van der Waals surface area (Å²) in [4.78, 5) is 13.6. The van der Waals surface area contributed by atoms with Gasteiger partial charge in [-0.3, -0.25) is 9.69 Å². The zero-order valence-electron chi connectivity index (χ0n) is 11.5. The minimum Gasteiger partial charge on any atom is -0.480 e. The number of nitrogens with zero attached hydrogens (tertiary/aromatic N) is 1. The Kier molecular flexibility index (Phi) is 4.22. The average Bonchev–Trinajstić information content (AvgIpc) is 2.40.